The van der Waals surface area contributed by atoms with Gasteiger partial charge in [0, 0.05) is 44.2 Å². The Kier molecular flexibility index (Phi) is 5.55. The molecule has 0 radical (unpaired) electrons. The number of methoxy groups -OCH3 is 1. The number of hydrogen-bond donors (Lipinski definition) is 0. The zero-order chi connectivity index (χ0) is 21.0. The van der Waals surface area contributed by atoms with Gasteiger partial charge in [0.15, 0.2) is 0 Å². The highest BCUT2D eigenvalue weighted by Gasteiger charge is 2.19. The summed E-state index contributed by atoms with van der Waals surface area (Å²) in [5, 5.41) is 1.15. The summed E-state index contributed by atoms with van der Waals surface area (Å²) in [6, 6.07) is 29.9. The number of piperazine rings is 1. The molecule has 1 aromatic heterocycles. The SMILES string of the molecule is COc1ccc2cccc(N3CCN(Cc4ccc(-c5ccccc5)cc4)CC3)c2n1. The van der Waals surface area contributed by atoms with E-state index in [1.54, 1.807) is 7.11 Å². The first-order valence-corrected chi connectivity index (χ1v) is 10.9. The van der Waals surface area contributed by atoms with Crippen molar-refractivity contribution < 1.29 is 4.74 Å². The van der Waals surface area contributed by atoms with Crippen LogP contribution in [-0.2, 0) is 6.54 Å². The van der Waals surface area contributed by atoms with Gasteiger partial charge in [0.25, 0.3) is 0 Å². The number of anilines is 1. The van der Waals surface area contributed by atoms with E-state index in [0.29, 0.717) is 5.88 Å². The van der Waals surface area contributed by atoms with Crippen LogP contribution < -0.4 is 9.64 Å². The van der Waals surface area contributed by atoms with Crippen molar-refractivity contribution in [1.29, 1.82) is 0 Å². The van der Waals surface area contributed by atoms with E-state index in [1.165, 1.54) is 22.4 Å². The summed E-state index contributed by atoms with van der Waals surface area (Å²) in [5.74, 6) is 0.664. The molecule has 4 aromatic rings. The Hall–Kier alpha value is -3.37. The summed E-state index contributed by atoms with van der Waals surface area (Å²) >= 11 is 0. The minimum atomic E-state index is 0.664. The molecule has 156 valence electrons. The lowest BCUT2D eigenvalue weighted by molar-refractivity contribution is 0.250. The number of rotatable bonds is 5. The van der Waals surface area contributed by atoms with E-state index in [1.807, 2.05) is 6.07 Å². The Morgan fingerprint density at radius 2 is 1.48 bits per heavy atom. The zero-order valence-electron chi connectivity index (χ0n) is 17.9. The Morgan fingerprint density at radius 3 is 2.23 bits per heavy atom. The molecule has 1 saturated heterocycles. The van der Waals surface area contributed by atoms with Crippen LogP contribution in [0.3, 0.4) is 0 Å². The molecule has 31 heavy (non-hydrogen) atoms. The minimum absolute atomic E-state index is 0.664. The lowest BCUT2D eigenvalue weighted by Gasteiger charge is -2.36. The third kappa shape index (κ3) is 4.25. The van der Waals surface area contributed by atoms with Gasteiger partial charge in [0.05, 0.1) is 18.3 Å². The van der Waals surface area contributed by atoms with E-state index in [2.05, 4.69) is 88.7 Å². The van der Waals surface area contributed by atoms with Crippen LogP contribution in [0.4, 0.5) is 5.69 Å². The second-order valence-electron chi connectivity index (χ2n) is 8.03. The van der Waals surface area contributed by atoms with Crippen LogP contribution in [-0.4, -0.2) is 43.2 Å². The lowest BCUT2D eigenvalue weighted by Crippen LogP contribution is -2.46. The molecule has 0 atom stereocenters. The lowest BCUT2D eigenvalue weighted by atomic mass is 10.0. The van der Waals surface area contributed by atoms with Gasteiger partial charge in [-0.1, -0.05) is 66.7 Å². The maximum atomic E-state index is 5.35. The van der Waals surface area contributed by atoms with Crippen molar-refractivity contribution >= 4 is 16.6 Å². The van der Waals surface area contributed by atoms with Crippen molar-refractivity contribution in [3.8, 4) is 17.0 Å². The fourth-order valence-corrected chi connectivity index (χ4v) is 4.32. The molecular weight excluding hydrogens is 382 g/mol. The number of pyridine rings is 1. The Morgan fingerprint density at radius 1 is 0.742 bits per heavy atom. The molecule has 1 aliphatic heterocycles. The summed E-state index contributed by atoms with van der Waals surface area (Å²) in [4.78, 5) is 9.69. The van der Waals surface area contributed by atoms with Crippen molar-refractivity contribution in [3.05, 3.63) is 90.5 Å². The van der Waals surface area contributed by atoms with Crippen LogP contribution in [0.15, 0.2) is 84.9 Å². The average molecular weight is 410 g/mol. The van der Waals surface area contributed by atoms with Gasteiger partial charge in [-0.2, -0.15) is 0 Å². The maximum Gasteiger partial charge on any atom is 0.213 e. The van der Waals surface area contributed by atoms with Gasteiger partial charge in [-0.25, -0.2) is 4.98 Å². The Labute approximate surface area is 183 Å². The molecule has 0 aliphatic carbocycles. The van der Waals surface area contributed by atoms with Gasteiger partial charge in [0.1, 0.15) is 0 Å². The third-order valence-electron chi connectivity index (χ3n) is 6.06. The zero-order valence-corrected chi connectivity index (χ0v) is 17.9. The molecule has 5 rings (SSSR count). The minimum Gasteiger partial charge on any atom is -0.481 e. The normalized spacial score (nSPS) is 14.7. The molecule has 0 bridgehead atoms. The van der Waals surface area contributed by atoms with Crippen molar-refractivity contribution in [2.45, 2.75) is 6.54 Å². The van der Waals surface area contributed by atoms with Crippen LogP contribution in [0, 0.1) is 0 Å². The van der Waals surface area contributed by atoms with Gasteiger partial charge < -0.3 is 9.64 Å². The van der Waals surface area contributed by atoms with Crippen LogP contribution in [0.25, 0.3) is 22.0 Å². The number of ether oxygens (including phenoxy) is 1. The summed E-state index contributed by atoms with van der Waals surface area (Å²) in [6.07, 6.45) is 0. The molecule has 0 N–H and O–H groups in total. The van der Waals surface area contributed by atoms with Crippen LogP contribution in [0.5, 0.6) is 5.88 Å². The fourth-order valence-electron chi connectivity index (χ4n) is 4.32. The first-order valence-electron chi connectivity index (χ1n) is 10.9. The van der Waals surface area contributed by atoms with E-state index in [9.17, 15) is 0 Å². The predicted molar refractivity (Wildman–Crippen MR) is 128 cm³/mol. The monoisotopic (exact) mass is 409 g/mol. The van der Waals surface area contributed by atoms with E-state index < -0.39 is 0 Å². The molecule has 1 aliphatic rings. The third-order valence-corrected chi connectivity index (χ3v) is 6.06. The van der Waals surface area contributed by atoms with E-state index in [0.717, 1.165) is 43.6 Å². The molecule has 0 spiro atoms. The second-order valence-corrected chi connectivity index (χ2v) is 8.03. The predicted octanol–water partition coefficient (Wildman–Crippen LogP) is 5.23. The summed E-state index contributed by atoms with van der Waals surface area (Å²) in [7, 11) is 1.67. The summed E-state index contributed by atoms with van der Waals surface area (Å²) < 4.78 is 5.35. The Balaban J connectivity index is 1.24. The molecule has 1 fully saturated rings. The van der Waals surface area contributed by atoms with Gasteiger partial charge >= 0.3 is 0 Å². The van der Waals surface area contributed by atoms with Crippen molar-refractivity contribution in [2.75, 3.05) is 38.2 Å². The maximum absolute atomic E-state index is 5.35. The molecule has 0 saturated carbocycles. The molecule has 4 heteroatoms. The average Bonchev–Trinajstić information content (AvgIpc) is 2.85. The first kappa shape index (κ1) is 19.6. The molecule has 0 amide bonds. The Bertz CT molecular complexity index is 1150. The smallest absolute Gasteiger partial charge is 0.213 e. The van der Waals surface area contributed by atoms with Crippen LogP contribution in [0.2, 0.25) is 0 Å². The molecule has 2 heterocycles. The van der Waals surface area contributed by atoms with E-state index in [-0.39, 0.29) is 0 Å². The number of aromatic nitrogens is 1. The first-order chi connectivity index (χ1) is 15.3. The van der Waals surface area contributed by atoms with Gasteiger partial charge in [-0.15, -0.1) is 0 Å². The number of benzene rings is 3. The van der Waals surface area contributed by atoms with Crippen molar-refractivity contribution in [1.82, 2.24) is 9.88 Å². The number of para-hydroxylation sites is 1. The number of nitrogens with zero attached hydrogens (tertiary/aromatic N) is 3. The van der Waals surface area contributed by atoms with Gasteiger partial charge in [-0.3, -0.25) is 4.90 Å². The highest BCUT2D eigenvalue weighted by Crippen LogP contribution is 2.28. The largest absolute Gasteiger partial charge is 0.481 e. The van der Waals surface area contributed by atoms with Gasteiger partial charge in [0.2, 0.25) is 5.88 Å². The second kappa shape index (κ2) is 8.78. The van der Waals surface area contributed by atoms with Crippen LogP contribution >= 0.6 is 0 Å². The number of hydrogen-bond acceptors (Lipinski definition) is 4. The topological polar surface area (TPSA) is 28.6 Å². The standard InChI is InChI=1S/C27H27N3O/c1-31-26-15-14-24-8-5-9-25(27(24)28-26)30-18-16-29(17-19-30)20-21-10-12-23(13-11-21)22-6-3-2-4-7-22/h2-15H,16-20H2,1H3. The molecular formula is C27H27N3O. The quantitative estimate of drug-likeness (QED) is 0.451. The summed E-state index contributed by atoms with van der Waals surface area (Å²) in [6.45, 7) is 5.08. The highest BCUT2D eigenvalue weighted by atomic mass is 16.5. The molecule has 3 aromatic carbocycles. The van der Waals surface area contributed by atoms with Crippen molar-refractivity contribution in [3.63, 3.8) is 0 Å². The number of fused-ring (bicyclic) bond motifs is 1. The van der Waals surface area contributed by atoms with E-state index in [4.69, 9.17) is 9.72 Å². The fraction of sp³-hybridized carbons (Fsp3) is 0.222. The van der Waals surface area contributed by atoms with Crippen molar-refractivity contribution in [2.24, 2.45) is 0 Å². The highest BCUT2D eigenvalue weighted by molar-refractivity contribution is 5.91. The van der Waals surface area contributed by atoms with E-state index >= 15 is 0 Å². The van der Waals surface area contributed by atoms with Gasteiger partial charge in [-0.05, 0) is 28.8 Å². The summed E-state index contributed by atoms with van der Waals surface area (Å²) in [5.41, 5.74) is 6.12. The van der Waals surface area contributed by atoms with Crippen LogP contribution in [0.1, 0.15) is 5.56 Å². The molecule has 4 nitrogen and oxygen atoms in total. The molecule has 0 unspecified atom stereocenters.